The summed E-state index contributed by atoms with van der Waals surface area (Å²) >= 11 is 0. The van der Waals surface area contributed by atoms with E-state index in [-0.39, 0.29) is 6.61 Å². The Morgan fingerprint density at radius 1 is 1.21 bits per heavy atom. The second-order valence-corrected chi connectivity index (χ2v) is 4.30. The van der Waals surface area contributed by atoms with E-state index in [0.717, 1.165) is 18.4 Å². The molecule has 1 aromatic rings. The summed E-state index contributed by atoms with van der Waals surface area (Å²) in [6.45, 7) is 7.91. The number of allylic oxidation sites excluding steroid dienone is 1. The predicted molar refractivity (Wildman–Crippen MR) is 83.9 cm³/mol. The van der Waals surface area contributed by atoms with Gasteiger partial charge in [0.25, 0.3) is 0 Å². The molecule has 0 saturated carbocycles. The lowest BCUT2D eigenvalue weighted by atomic mass is 9.98. The number of aliphatic hydroxyl groups is 1. The third-order valence-corrected chi connectivity index (χ3v) is 2.55. The fourth-order valence-electron chi connectivity index (χ4n) is 1.66. The quantitative estimate of drug-likeness (QED) is 0.612. The van der Waals surface area contributed by atoms with Gasteiger partial charge in [-0.05, 0) is 38.3 Å². The van der Waals surface area contributed by atoms with E-state index in [1.54, 1.807) is 6.92 Å². The molecule has 0 amide bonds. The summed E-state index contributed by atoms with van der Waals surface area (Å²) in [5.74, 6) is 7.14. The number of aliphatic hydroxyl groups excluding tert-OH is 1. The minimum Gasteiger partial charge on any atom is -0.397 e. The van der Waals surface area contributed by atoms with Gasteiger partial charge in [0.2, 0.25) is 0 Å². The van der Waals surface area contributed by atoms with E-state index in [1.807, 2.05) is 24.3 Å². The molecule has 1 unspecified atom stereocenters. The van der Waals surface area contributed by atoms with Gasteiger partial charge in [-0.15, -0.1) is 6.58 Å². The zero-order valence-electron chi connectivity index (χ0n) is 12.2. The van der Waals surface area contributed by atoms with E-state index in [9.17, 15) is 0 Å². The third-order valence-electron chi connectivity index (χ3n) is 2.55. The SMILES string of the molecule is C=CCCC(C#Cc1ccccc1)CCC.CCO. The van der Waals surface area contributed by atoms with Crippen LogP contribution >= 0.6 is 0 Å². The minimum atomic E-state index is 0.250. The van der Waals surface area contributed by atoms with Crippen LogP contribution in [0.1, 0.15) is 45.1 Å². The van der Waals surface area contributed by atoms with Crippen LogP contribution < -0.4 is 0 Å². The second-order valence-electron chi connectivity index (χ2n) is 4.30. The first-order valence-electron chi connectivity index (χ1n) is 7.06. The van der Waals surface area contributed by atoms with Gasteiger partial charge in [0.1, 0.15) is 0 Å². The maximum absolute atomic E-state index is 7.57. The first kappa shape index (κ1) is 17.5. The average molecular weight is 258 g/mol. The van der Waals surface area contributed by atoms with Crippen LogP contribution in [0.15, 0.2) is 43.0 Å². The molecule has 0 radical (unpaired) electrons. The van der Waals surface area contributed by atoms with Gasteiger partial charge in [0.05, 0.1) is 0 Å². The molecule has 0 aliphatic carbocycles. The zero-order valence-corrected chi connectivity index (χ0v) is 12.2. The molecule has 0 aliphatic heterocycles. The summed E-state index contributed by atoms with van der Waals surface area (Å²) in [6, 6.07) is 10.2. The molecule has 1 atom stereocenters. The Balaban J connectivity index is 0.000000982. The maximum Gasteiger partial charge on any atom is 0.0402 e. The summed E-state index contributed by atoms with van der Waals surface area (Å²) in [7, 11) is 0. The maximum atomic E-state index is 7.57. The van der Waals surface area contributed by atoms with E-state index >= 15 is 0 Å². The normalized spacial score (nSPS) is 10.5. The Hall–Kier alpha value is -1.52. The average Bonchev–Trinajstić information content (AvgIpc) is 2.44. The van der Waals surface area contributed by atoms with Crippen LogP contribution in [0.25, 0.3) is 0 Å². The summed E-state index contributed by atoms with van der Waals surface area (Å²) < 4.78 is 0. The van der Waals surface area contributed by atoms with Crippen molar-refractivity contribution in [3.05, 3.63) is 48.6 Å². The van der Waals surface area contributed by atoms with Crippen LogP contribution in [-0.2, 0) is 0 Å². The minimum absolute atomic E-state index is 0.250. The van der Waals surface area contributed by atoms with Crippen LogP contribution in [-0.4, -0.2) is 11.7 Å². The fourth-order valence-corrected chi connectivity index (χ4v) is 1.66. The number of rotatable bonds is 5. The Labute approximate surface area is 118 Å². The van der Waals surface area contributed by atoms with Gasteiger partial charge in [-0.3, -0.25) is 0 Å². The largest absolute Gasteiger partial charge is 0.397 e. The van der Waals surface area contributed by atoms with Gasteiger partial charge in [-0.25, -0.2) is 0 Å². The molecule has 0 aliphatic rings. The van der Waals surface area contributed by atoms with Crippen molar-refractivity contribution in [2.24, 2.45) is 5.92 Å². The van der Waals surface area contributed by atoms with E-state index in [2.05, 4.69) is 37.5 Å². The van der Waals surface area contributed by atoms with Crippen molar-refractivity contribution in [3.63, 3.8) is 0 Å². The molecule has 0 aromatic heterocycles. The van der Waals surface area contributed by atoms with Crippen LogP contribution in [0.2, 0.25) is 0 Å². The van der Waals surface area contributed by atoms with Gasteiger partial charge < -0.3 is 5.11 Å². The Bertz CT molecular complexity index is 370. The van der Waals surface area contributed by atoms with Crippen LogP contribution in [0.4, 0.5) is 0 Å². The van der Waals surface area contributed by atoms with Crippen LogP contribution in [0.5, 0.6) is 0 Å². The molecule has 0 fully saturated rings. The van der Waals surface area contributed by atoms with Crippen molar-refractivity contribution in [1.82, 2.24) is 0 Å². The van der Waals surface area contributed by atoms with Crippen LogP contribution in [0, 0.1) is 17.8 Å². The predicted octanol–water partition coefficient (Wildman–Crippen LogP) is 4.42. The van der Waals surface area contributed by atoms with Gasteiger partial charge in [-0.1, -0.05) is 49.5 Å². The number of hydrogen-bond donors (Lipinski definition) is 1. The highest BCUT2D eigenvalue weighted by Crippen LogP contribution is 2.13. The molecule has 104 valence electrons. The van der Waals surface area contributed by atoms with Crippen molar-refractivity contribution in [3.8, 4) is 11.8 Å². The van der Waals surface area contributed by atoms with Crippen LogP contribution in [0.3, 0.4) is 0 Å². The first-order valence-corrected chi connectivity index (χ1v) is 7.06. The fraction of sp³-hybridized carbons (Fsp3) is 0.444. The molecule has 1 nitrogen and oxygen atoms in total. The summed E-state index contributed by atoms with van der Waals surface area (Å²) in [4.78, 5) is 0. The molecule has 0 bridgehead atoms. The molecular weight excluding hydrogens is 232 g/mol. The number of hydrogen-bond acceptors (Lipinski definition) is 1. The first-order chi connectivity index (χ1) is 9.28. The summed E-state index contributed by atoms with van der Waals surface area (Å²) in [5.41, 5.74) is 1.11. The highest BCUT2D eigenvalue weighted by Gasteiger charge is 2.01. The Kier molecular flexibility index (Phi) is 11.9. The Morgan fingerprint density at radius 3 is 2.37 bits per heavy atom. The molecular formula is C18H26O. The van der Waals surface area contributed by atoms with Gasteiger partial charge >= 0.3 is 0 Å². The summed E-state index contributed by atoms with van der Waals surface area (Å²) in [6.07, 6.45) is 6.57. The van der Waals surface area contributed by atoms with E-state index in [1.165, 1.54) is 12.8 Å². The molecule has 0 saturated heterocycles. The third kappa shape index (κ3) is 10.1. The smallest absolute Gasteiger partial charge is 0.0402 e. The lowest BCUT2D eigenvalue weighted by Gasteiger charge is -2.06. The zero-order chi connectivity index (χ0) is 14.3. The molecule has 1 aromatic carbocycles. The topological polar surface area (TPSA) is 20.2 Å². The lowest BCUT2D eigenvalue weighted by Crippen LogP contribution is -1.95. The highest BCUT2D eigenvalue weighted by molar-refractivity contribution is 5.34. The molecule has 1 heteroatoms. The van der Waals surface area contributed by atoms with Crippen molar-refractivity contribution < 1.29 is 5.11 Å². The molecule has 0 spiro atoms. The van der Waals surface area contributed by atoms with Crippen molar-refractivity contribution in [2.45, 2.75) is 39.5 Å². The van der Waals surface area contributed by atoms with Crippen molar-refractivity contribution >= 4 is 0 Å². The summed E-state index contributed by atoms with van der Waals surface area (Å²) in [5, 5.41) is 7.57. The lowest BCUT2D eigenvalue weighted by molar-refractivity contribution is 0.318. The number of benzene rings is 1. The molecule has 19 heavy (non-hydrogen) atoms. The van der Waals surface area contributed by atoms with Crippen molar-refractivity contribution in [2.75, 3.05) is 6.61 Å². The molecule has 1 rings (SSSR count). The van der Waals surface area contributed by atoms with E-state index in [0.29, 0.717) is 5.92 Å². The van der Waals surface area contributed by atoms with Gasteiger partial charge in [-0.2, -0.15) is 0 Å². The standard InChI is InChI=1S/C16H20.C2H6O/c1-3-5-10-15(9-4-2)13-14-16-11-7-6-8-12-16;1-2-3/h3,6-8,11-12,15H,1,4-5,9-10H2,2H3;3H,2H2,1H3. The second kappa shape index (κ2) is 12.9. The monoisotopic (exact) mass is 258 g/mol. The van der Waals surface area contributed by atoms with Gasteiger partial charge in [0, 0.05) is 18.1 Å². The molecule has 1 N–H and O–H groups in total. The molecule has 0 heterocycles. The van der Waals surface area contributed by atoms with E-state index in [4.69, 9.17) is 5.11 Å². The Morgan fingerprint density at radius 2 is 1.84 bits per heavy atom. The van der Waals surface area contributed by atoms with E-state index < -0.39 is 0 Å². The van der Waals surface area contributed by atoms with Crippen molar-refractivity contribution in [1.29, 1.82) is 0 Å². The van der Waals surface area contributed by atoms with Gasteiger partial charge in [0.15, 0.2) is 0 Å². The highest BCUT2D eigenvalue weighted by atomic mass is 16.2.